The molecule has 0 bridgehead atoms. The van der Waals surface area contributed by atoms with Gasteiger partial charge >= 0.3 is 12.1 Å². The van der Waals surface area contributed by atoms with E-state index in [9.17, 15) is 19.2 Å². The van der Waals surface area contributed by atoms with Gasteiger partial charge in [0.05, 0.1) is 7.11 Å². The lowest BCUT2D eigenvalue weighted by Crippen LogP contribution is -2.55. The first-order valence-electron chi connectivity index (χ1n) is 10.6. The summed E-state index contributed by atoms with van der Waals surface area (Å²) in [4.78, 5) is 49.3. The second-order valence-electron chi connectivity index (χ2n) is 8.87. The molecule has 0 saturated carbocycles. The molecule has 0 radical (unpaired) electrons. The van der Waals surface area contributed by atoms with Crippen LogP contribution in [0, 0.1) is 5.92 Å². The quantitative estimate of drug-likeness (QED) is 0.469. The molecule has 3 N–H and O–H groups in total. The summed E-state index contributed by atoms with van der Waals surface area (Å²) in [6.07, 6.45) is -0.169. The summed E-state index contributed by atoms with van der Waals surface area (Å²) in [6, 6.07) is 7.35. The molecule has 0 aliphatic carbocycles. The number of hydrogen-bond acceptors (Lipinski definition) is 6. The van der Waals surface area contributed by atoms with Gasteiger partial charge in [-0.2, -0.15) is 0 Å². The number of methoxy groups -OCH3 is 1. The Balaban J connectivity index is 2.98. The number of alkyl carbamates (subject to hydrolysis) is 1. The highest BCUT2D eigenvalue weighted by molar-refractivity contribution is 5.92. The van der Waals surface area contributed by atoms with Gasteiger partial charge in [-0.1, -0.05) is 44.2 Å². The lowest BCUT2D eigenvalue weighted by atomic mass is 10.0. The number of rotatable bonds is 10. The van der Waals surface area contributed by atoms with Crippen molar-refractivity contribution in [3.05, 3.63) is 35.9 Å². The van der Waals surface area contributed by atoms with Gasteiger partial charge in [-0.15, -0.1) is 0 Å². The lowest BCUT2D eigenvalue weighted by Gasteiger charge is -2.26. The number of esters is 1. The van der Waals surface area contributed by atoms with Crippen LogP contribution in [0.5, 0.6) is 0 Å². The van der Waals surface area contributed by atoms with Gasteiger partial charge in [0.15, 0.2) is 0 Å². The molecule has 0 spiro atoms. The van der Waals surface area contributed by atoms with Gasteiger partial charge in [-0.25, -0.2) is 4.79 Å². The maximum atomic E-state index is 13.1. The minimum absolute atomic E-state index is 0.0931. The van der Waals surface area contributed by atoms with Gasteiger partial charge in [-0.05, 0) is 38.7 Å². The van der Waals surface area contributed by atoms with Gasteiger partial charge in [0.25, 0.3) is 0 Å². The summed E-state index contributed by atoms with van der Waals surface area (Å²) >= 11 is 0. The van der Waals surface area contributed by atoms with E-state index in [1.165, 1.54) is 7.11 Å². The van der Waals surface area contributed by atoms with Gasteiger partial charge < -0.3 is 25.4 Å². The van der Waals surface area contributed by atoms with Crippen molar-refractivity contribution in [1.82, 2.24) is 16.0 Å². The van der Waals surface area contributed by atoms with Crippen molar-refractivity contribution in [2.45, 2.75) is 65.1 Å². The van der Waals surface area contributed by atoms with Crippen LogP contribution in [0.25, 0.3) is 0 Å². The Hall–Kier alpha value is -3.10. The maximum Gasteiger partial charge on any atom is 0.408 e. The summed E-state index contributed by atoms with van der Waals surface area (Å²) < 4.78 is 9.82. The summed E-state index contributed by atoms with van der Waals surface area (Å²) in [5.41, 5.74) is 0.102. The third-order valence-electron chi connectivity index (χ3n) is 4.26. The van der Waals surface area contributed by atoms with Gasteiger partial charge in [0.2, 0.25) is 11.8 Å². The fourth-order valence-electron chi connectivity index (χ4n) is 2.84. The van der Waals surface area contributed by atoms with Crippen LogP contribution < -0.4 is 16.0 Å². The number of nitrogens with one attached hydrogen (secondary N) is 3. The predicted octanol–water partition coefficient (Wildman–Crippen LogP) is 1.94. The molecule has 0 aromatic heterocycles. The molecule has 32 heavy (non-hydrogen) atoms. The zero-order chi connectivity index (χ0) is 24.3. The monoisotopic (exact) mass is 449 g/mol. The summed E-state index contributed by atoms with van der Waals surface area (Å²) in [5, 5.41) is 7.77. The SMILES string of the molecule is COC(=O)CNC(=O)C(CC(C)C)NC(=O)C(Cc1ccccc1)NC(=O)OC(C)(C)C. The third kappa shape index (κ3) is 10.8. The van der Waals surface area contributed by atoms with E-state index in [1.54, 1.807) is 20.8 Å². The van der Waals surface area contributed by atoms with Crippen LogP contribution >= 0.6 is 0 Å². The number of carbonyl (C=O) groups is 4. The zero-order valence-electron chi connectivity index (χ0n) is 19.7. The largest absolute Gasteiger partial charge is 0.468 e. The van der Waals surface area contributed by atoms with E-state index in [0.29, 0.717) is 6.42 Å². The van der Waals surface area contributed by atoms with Crippen molar-refractivity contribution in [3.8, 4) is 0 Å². The van der Waals surface area contributed by atoms with E-state index in [0.717, 1.165) is 5.56 Å². The highest BCUT2D eigenvalue weighted by atomic mass is 16.6. The summed E-state index contributed by atoms with van der Waals surface area (Å²) in [6.45, 7) is 8.69. The predicted molar refractivity (Wildman–Crippen MR) is 120 cm³/mol. The number of benzene rings is 1. The molecule has 1 aromatic rings. The van der Waals surface area contributed by atoms with Crippen molar-refractivity contribution in [3.63, 3.8) is 0 Å². The van der Waals surface area contributed by atoms with Gasteiger partial charge in [-0.3, -0.25) is 14.4 Å². The smallest absolute Gasteiger partial charge is 0.408 e. The molecular formula is C23H35N3O6. The van der Waals surface area contributed by atoms with Crippen molar-refractivity contribution in [1.29, 1.82) is 0 Å². The van der Waals surface area contributed by atoms with E-state index in [1.807, 2.05) is 44.2 Å². The van der Waals surface area contributed by atoms with Crippen molar-refractivity contribution >= 4 is 23.9 Å². The number of carbonyl (C=O) groups excluding carboxylic acids is 4. The Morgan fingerprint density at radius 3 is 2.09 bits per heavy atom. The fourth-order valence-corrected chi connectivity index (χ4v) is 2.84. The van der Waals surface area contributed by atoms with Crippen molar-refractivity contribution in [2.24, 2.45) is 5.92 Å². The molecule has 3 amide bonds. The number of ether oxygens (including phenoxy) is 2. The van der Waals surface area contributed by atoms with Gasteiger partial charge in [0, 0.05) is 6.42 Å². The Morgan fingerprint density at radius 2 is 1.56 bits per heavy atom. The van der Waals surface area contributed by atoms with Crippen LogP contribution in [-0.4, -0.2) is 55.2 Å². The molecular weight excluding hydrogens is 414 g/mol. The van der Waals surface area contributed by atoms with Crippen LogP contribution in [0.15, 0.2) is 30.3 Å². The molecule has 1 rings (SSSR count). The highest BCUT2D eigenvalue weighted by Gasteiger charge is 2.29. The molecule has 9 nitrogen and oxygen atoms in total. The van der Waals surface area contributed by atoms with Crippen LogP contribution in [0.4, 0.5) is 4.79 Å². The first-order chi connectivity index (χ1) is 14.9. The van der Waals surface area contributed by atoms with Crippen molar-refractivity contribution in [2.75, 3.05) is 13.7 Å². The normalized spacial score (nSPS) is 13.0. The van der Waals surface area contributed by atoms with E-state index < -0.39 is 41.6 Å². The van der Waals surface area contributed by atoms with E-state index in [-0.39, 0.29) is 18.9 Å². The average Bonchev–Trinajstić information content (AvgIpc) is 2.69. The Labute approximate surface area is 189 Å². The molecule has 1 aromatic carbocycles. The second-order valence-corrected chi connectivity index (χ2v) is 8.87. The van der Waals surface area contributed by atoms with Crippen LogP contribution in [0.3, 0.4) is 0 Å². The van der Waals surface area contributed by atoms with Crippen molar-refractivity contribution < 1.29 is 28.7 Å². The molecule has 0 fully saturated rings. The van der Waals surface area contributed by atoms with E-state index in [2.05, 4.69) is 20.7 Å². The Bertz CT molecular complexity index is 774. The Kier molecular flexibility index (Phi) is 10.7. The molecule has 0 aliphatic rings. The third-order valence-corrected chi connectivity index (χ3v) is 4.26. The molecule has 0 aliphatic heterocycles. The average molecular weight is 450 g/mol. The molecule has 9 heteroatoms. The first-order valence-corrected chi connectivity index (χ1v) is 10.6. The summed E-state index contributed by atoms with van der Waals surface area (Å²) in [5.74, 6) is -1.54. The van der Waals surface area contributed by atoms with Crippen LogP contribution in [0.1, 0.15) is 46.6 Å². The minimum atomic E-state index is -0.963. The maximum absolute atomic E-state index is 13.1. The molecule has 0 saturated heterocycles. The van der Waals surface area contributed by atoms with E-state index in [4.69, 9.17) is 4.74 Å². The van der Waals surface area contributed by atoms with Gasteiger partial charge in [0.1, 0.15) is 24.2 Å². The topological polar surface area (TPSA) is 123 Å². The fraction of sp³-hybridized carbons (Fsp3) is 0.565. The van der Waals surface area contributed by atoms with E-state index >= 15 is 0 Å². The van der Waals surface area contributed by atoms with Crippen LogP contribution in [0.2, 0.25) is 0 Å². The summed E-state index contributed by atoms with van der Waals surface area (Å²) in [7, 11) is 1.22. The molecule has 2 atom stereocenters. The Morgan fingerprint density at radius 1 is 0.938 bits per heavy atom. The first kappa shape index (κ1) is 26.9. The number of hydrogen-bond donors (Lipinski definition) is 3. The minimum Gasteiger partial charge on any atom is -0.468 e. The standard InChI is InChI=1S/C23H35N3O6/c1-15(2)12-17(20(28)24-14-19(27)31-6)25-21(29)18(13-16-10-8-7-9-11-16)26-22(30)32-23(3,4)5/h7-11,15,17-18H,12-14H2,1-6H3,(H,24,28)(H,25,29)(H,26,30). The molecule has 178 valence electrons. The molecule has 0 heterocycles. The molecule has 2 unspecified atom stereocenters. The zero-order valence-corrected chi connectivity index (χ0v) is 19.7. The second kappa shape index (κ2) is 12.7. The number of amides is 3. The van der Waals surface area contributed by atoms with Crippen LogP contribution in [-0.2, 0) is 30.3 Å². The lowest BCUT2D eigenvalue weighted by molar-refractivity contribution is -0.141. The highest BCUT2D eigenvalue weighted by Crippen LogP contribution is 2.10.